The first kappa shape index (κ1) is 14.5. The Morgan fingerprint density at radius 1 is 0.950 bits per heavy atom. The van der Waals surface area contributed by atoms with Crippen LogP contribution < -0.4 is 10.6 Å². The highest BCUT2D eigenvalue weighted by Crippen LogP contribution is 2.16. The molecule has 0 bridgehead atoms. The van der Waals surface area contributed by atoms with E-state index in [2.05, 4.69) is 17.0 Å². The van der Waals surface area contributed by atoms with E-state index in [0.717, 1.165) is 31.6 Å². The van der Waals surface area contributed by atoms with Gasteiger partial charge in [-0.05, 0) is 43.1 Å². The second-order valence-electron chi connectivity index (χ2n) is 4.84. The maximum Gasteiger partial charge on any atom is 0.125 e. The van der Waals surface area contributed by atoms with E-state index in [1.807, 2.05) is 24.3 Å². The molecule has 2 aromatic carbocycles. The summed E-state index contributed by atoms with van der Waals surface area (Å²) in [6.07, 6.45) is 1.85. The van der Waals surface area contributed by atoms with Gasteiger partial charge in [0.15, 0.2) is 0 Å². The SMILES string of the molecule is NCCCN(CCc1ccccc1)c1cccc(F)c1. The molecule has 0 unspecified atom stereocenters. The number of hydrogen-bond donors (Lipinski definition) is 1. The molecule has 0 atom stereocenters. The molecule has 20 heavy (non-hydrogen) atoms. The van der Waals surface area contributed by atoms with Crippen molar-refractivity contribution in [1.29, 1.82) is 0 Å². The standard InChI is InChI=1S/C17H21FN2/c18-16-8-4-9-17(14-16)20(12-5-11-19)13-10-15-6-2-1-3-7-15/h1-4,6-9,14H,5,10-13,19H2. The van der Waals surface area contributed by atoms with Gasteiger partial charge in [-0.3, -0.25) is 0 Å². The molecule has 0 saturated heterocycles. The first-order valence-electron chi connectivity index (χ1n) is 7.04. The van der Waals surface area contributed by atoms with Crippen LogP contribution in [0.15, 0.2) is 54.6 Å². The topological polar surface area (TPSA) is 29.3 Å². The summed E-state index contributed by atoms with van der Waals surface area (Å²) in [5, 5.41) is 0. The molecule has 2 aromatic rings. The molecular weight excluding hydrogens is 251 g/mol. The highest BCUT2D eigenvalue weighted by molar-refractivity contribution is 5.46. The highest BCUT2D eigenvalue weighted by Gasteiger charge is 2.07. The van der Waals surface area contributed by atoms with Gasteiger partial charge in [-0.1, -0.05) is 36.4 Å². The lowest BCUT2D eigenvalue weighted by molar-refractivity contribution is 0.625. The van der Waals surface area contributed by atoms with Crippen molar-refractivity contribution in [3.8, 4) is 0 Å². The summed E-state index contributed by atoms with van der Waals surface area (Å²) in [6.45, 7) is 2.37. The Morgan fingerprint density at radius 2 is 1.75 bits per heavy atom. The molecule has 0 aliphatic rings. The second-order valence-corrected chi connectivity index (χ2v) is 4.84. The maximum absolute atomic E-state index is 13.4. The van der Waals surface area contributed by atoms with Crippen molar-refractivity contribution in [2.45, 2.75) is 12.8 Å². The van der Waals surface area contributed by atoms with Crippen LogP contribution in [0.5, 0.6) is 0 Å². The molecule has 0 spiro atoms. The predicted octanol–water partition coefficient (Wildman–Crippen LogP) is 3.22. The molecule has 0 aromatic heterocycles. The number of halogens is 1. The van der Waals surface area contributed by atoms with Gasteiger partial charge in [0.05, 0.1) is 0 Å². The molecule has 0 amide bonds. The summed E-state index contributed by atoms with van der Waals surface area (Å²) in [7, 11) is 0. The monoisotopic (exact) mass is 272 g/mol. The lowest BCUT2D eigenvalue weighted by Gasteiger charge is -2.25. The largest absolute Gasteiger partial charge is 0.371 e. The van der Waals surface area contributed by atoms with Crippen molar-refractivity contribution in [3.63, 3.8) is 0 Å². The van der Waals surface area contributed by atoms with Crippen molar-refractivity contribution >= 4 is 5.69 Å². The van der Waals surface area contributed by atoms with Crippen LogP contribution >= 0.6 is 0 Å². The summed E-state index contributed by atoms with van der Waals surface area (Å²) in [6, 6.07) is 17.1. The zero-order valence-electron chi connectivity index (χ0n) is 11.6. The van der Waals surface area contributed by atoms with Gasteiger partial charge in [0.1, 0.15) is 5.82 Å². The van der Waals surface area contributed by atoms with E-state index in [1.54, 1.807) is 12.1 Å². The van der Waals surface area contributed by atoms with Crippen LogP contribution in [-0.4, -0.2) is 19.6 Å². The van der Waals surface area contributed by atoms with E-state index in [1.165, 1.54) is 11.6 Å². The Kier molecular flexibility index (Phi) is 5.56. The van der Waals surface area contributed by atoms with Crippen LogP contribution in [0.2, 0.25) is 0 Å². The van der Waals surface area contributed by atoms with Crippen molar-refractivity contribution < 1.29 is 4.39 Å². The van der Waals surface area contributed by atoms with E-state index < -0.39 is 0 Å². The number of rotatable bonds is 7. The lowest BCUT2D eigenvalue weighted by atomic mass is 10.1. The summed E-state index contributed by atoms with van der Waals surface area (Å²) in [5.41, 5.74) is 7.81. The molecule has 3 heteroatoms. The molecule has 2 rings (SSSR count). The normalized spacial score (nSPS) is 10.5. The van der Waals surface area contributed by atoms with E-state index in [-0.39, 0.29) is 5.82 Å². The third-order valence-corrected chi connectivity index (χ3v) is 3.32. The average Bonchev–Trinajstić information content (AvgIpc) is 2.48. The number of anilines is 1. The summed E-state index contributed by atoms with van der Waals surface area (Å²) >= 11 is 0. The third kappa shape index (κ3) is 4.35. The van der Waals surface area contributed by atoms with Gasteiger partial charge in [-0.15, -0.1) is 0 Å². The van der Waals surface area contributed by atoms with Crippen molar-refractivity contribution in [1.82, 2.24) is 0 Å². The average molecular weight is 272 g/mol. The third-order valence-electron chi connectivity index (χ3n) is 3.32. The number of nitrogens with zero attached hydrogens (tertiary/aromatic N) is 1. The van der Waals surface area contributed by atoms with Crippen LogP contribution in [0.4, 0.5) is 10.1 Å². The number of benzene rings is 2. The van der Waals surface area contributed by atoms with Crippen LogP contribution in [0.25, 0.3) is 0 Å². The van der Waals surface area contributed by atoms with Crippen molar-refractivity contribution in [2.24, 2.45) is 5.73 Å². The van der Waals surface area contributed by atoms with Gasteiger partial charge in [-0.25, -0.2) is 4.39 Å². The van der Waals surface area contributed by atoms with Crippen LogP contribution in [0.3, 0.4) is 0 Å². The molecule has 2 N–H and O–H groups in total. The van der Waals surface area contributed by atoms with Crippen molar-refractivity contribution in [3.05, 3.63) is 66.0 Å². The lowest BCUT2D eigenvalue weighted by Crippen LogP contribution is -2.28. The van der Waals surface area contributed by atoms with Crippen LogP contribution in [-0.2, 0) is 6.42 Å². The van der Waals surface area contributed by atoms with Gasteiger partial charge in [0, 0.05) is 18.8 Å². The van der Waals surface area contributed by atoms with E-state index >= 15 is 0 Å². The Labute approximate surface area is 120 Å². The first-order valence-corrected chi connectivity index (χ1v) is 7.04. The van der Waals surface area contributed by atoms with Crippen LogP contribution in [0, 0.1) is 5.82 Å². The Morgan fingerprint density at radius 3 is 2.45 bits per heavy atom. The molecule has 0 fully saturated rings. The molecule has 106 valence electrons. The molecule has 0 radical (unpaired) electrons. The van der Waals surface area contributed by atoms with Crippen LogP contribution in [0.1, 0.15) is 12.0 Å². The minimum Gasteiger partial charge on any atom is -0.371 e. The van der Waals surface area contributed by atoms with E-state index in [0.29, 0.717) is 6.54 Å². The Balaban J connectivity index is 2.03. The van der Waals surface area contributed by atoms with E-state index in [4.69, 9.17) is 5.73 Å². The van der Waals surface area contributed by atoms with Crippen molar-refractivity contribution in [2.75, 3.05) is 24.5 Å². The molecule has 0 heterocycles. The maximum atomic E-state index is 13.4. The fraction of sp³-hybridized carbons (Fsp3) is 0.294. The molecular formula is C17H21FN2. The number of nitrogens with two attached hydrogens (primary N) is 1. The molecule has 0 aliphatic carbocycles. The Bertz CT molecular complexity index is 513. The smallest absolute Gasteiger partial charge is 0.125 e. The van der Waals surface area contributed by atoms with Gasteiger partial charge < -0.3 is 10.6 Å². The first-order chi connectivity index (χ1) is 9.79. The zero-order chi connectivity index (χ0) is 14.2. The zero-order valence-corrected chi connectivity index (χ0v) is 11.6. The van der Waals surface area contributed by atoms with Gasteiger partial charge >= 0.3 is 0 Å². The summed E-state index contributed by atoms with van der Waals surface area (Å²) < 4.78 is 13.4. The highest BCUT2D eigenvalue weighted by atomic mass is 19.1. The van der Waals surface area contributed by atoms with Gasteiger partial charge in [-0.2, -0.15) is 0 Å². The molecule has 0 aliphatic heterocycles. The molecule has 2 nitrogen and oxygen atoms in total. The fourth-order valence-corrected chi connectivity index (χ4v) is 2.23. The minimum atomic E-state index is -0.194. The van der Waals surface area contributed by atoms with E-state index in [9.17, 15) is 4.39 Å². The summed E-state index contributed by atoms with van der Waals surface area (Å²) in [5.74, 6) is -0.194. The minimum absolute atomic E-state index is 0.194. The Hall–Kier alpha value is -1.87. The number of hydrogen-bond acceptors (Lipinski definition) is 2. The fourth-order valence-electron chi connectivity index (χ4n) is 2.23. The molecule has 0 saturated carbocycles. The quantitative estimate of drug-likeness (QED) is 0.838. The second kappa shape index (κ2) is 7.65. The van der Waals surface area contributed by atoms with Gasteiger partial charge in [0.25, 0.3) is 0 Å². The van der Waals surface area contributed by atoms with Gasteiger partial charge in [0.2, 0.25) is 0 Å². The summed E-state index contributed by atoms with van der Waals surface area (Å²) in [4.78, 5) is 2.20. The predicted molar refractivity (Wildman–Crippen MR) is 82.4 cm³/mol.